The molecule has 0 spiro atoms. The molecule has 5 heteroatoms. The van der Waals surface area contributed by atoms with Crippen LogP contribution in [0.5, 0.6) is 5.88 Å². The third-order valence-electron chi connectivity index (χ3n) is 3.96. The number of amides is 2. The number of rotatable bonds is 9. The van der Waals surface area contributed by atoms with Gasteiger partial charge in [0.05, 0.1) is 6.61 Å². The van der Waals surface area contributed by atoms with Gasteiger partial charge in [-0.05, 0) is 30.4 Å². The van der Waals surface area contributed by atoms with E-state index in [1.54, 1.807) is 6.20 Å². The highest BCUT2D eigenvalue weighted by Gasteiger charge is 2.08. The molecule has 0 aliphatic rings. The van der Waals surface area contributed by atoms with Gasteiger partial charge in [0.1, 0.15) is 0 Å². The van der Waals surface area contributed by atoms with Crippen molar-refractivity contribution in [1.82, 2.24) is 15.6 Å². The lowest BCUT2D eigenvalue weighted by Gasteiger charge is -2.13. The van der Waals surface area contributed by atoms with Crippen molar-refractivity contribution >= 4 is 6.03 Å². The number of ether oxygens (including phenoxy) is 1. The van der Waals surface area contributed by atoms with E-state index in [0.29, 0.717) is 31.5 Å². The van der Waals surface area contributed by atoms with Crippen molar-refractivity contribution in [3.05, 3.63) is 59.8 Å². The van der Waals surface area contributed by atoms with Crippen LogP contribution in [0.15, 0.2) is 48.7 Å². The molecule has 0 saturated carbocycles. The van der Waals surface area contributed by atoms with Gasteiger partial charge in [-0.3, -0.25) is 0 Å². The molecule has 2 amide bonds. The molecular formula is C20H27N3O2. The molecule has 0 aliphatic carbocycles. The third kappa shape index (κ3) is 6.45. The molecule has 1 unspecified atom stereocenters. The monoisotopic (exact) mass is 341 g/mol. The normalized spacial score (nSPS) is 11.6. The summed E-state index contributed by atoms with van der Waals surface area (Å²) >= 11 is 0. The number of urea groups is 1. The molecule has 25 heavy (non-hydrogen) atoms. The molecule has 5 nitrogen and oxygen atoms in total. The third-order valence-corrected chi connectivity index (χ3v) is 3.96. The molecular weight excluding hydrogens is 314 g/mol. The van der Waals surface area contributed by atoms with Crippen LogP contribution in [0.4, 0.5) is 4.79 Å². The van der Waals surface area contributed by atoms with Crippen LogP contribution in [0.3, 0.4) is 0 Å². The Balaban J connectivity index is 1.72. The van der Waals surface area contributed by atoms with Crippen molar-refractivity contribution in [3.63, 3.8) is 0 Å². The maximum absolute atomic E-state index is 12.0. The Morgan fingerprint density at radius 2 is 1.96 bits per heavy atom. The lowest BCUT2D eigenvalue weighted by molar-refractivity contribution is 0.240. The number of pyridine rings is 1. The SMILES string of the molecule is CCCOc1ncccc1CNC(=O)NCCC(C)c1ccccc1. The number of carbonyl (C=O) groups is 1. The molecule has 1 heterocycles. The largest absolute Gasteiger partial charge is 0.477 e. The van der Waals surface area contributed by atoms with Crippen LogP contribution in [-0.2, 0) is 6.54 Å². The van der Waals surface area contributed by atoms with Gasteiger partial charge in [0, 0.05) is 24.8 Å². The first kappa shape index (κ1) is 18.8. The summed E-state index contributed by atoms with van der Waals surface area (Å²) in [4.78, 5) is 16.2. The lowest BCUT2D eigenvalue weighted by Crippen LogP contribution is -2.36. The Labute approximate surface area is 149 Å². The zero-order valence-corrected chi connectivity index (χ0v) is 15.0. The highest BCUT2D eigenvalue weighted by atomic mass is 16.5. The minimum atomic E-state index is -0.175. The van der Waals surface area contributed by atoms with E-state index >= 15 is 0 Å². The number of nitrogens with one attached hydrogen (secondary N) is 2. The Morgan fingerprint density at radius 3 is 2.72 bits per heavy atom. The fourth-order valence-electron chi connectivity index (χ4n) is 2.48. The first-order valence-electron chi connectivity index (χ1n) is 8.84. The van der Waals surface area contributed by atoms with E-state index in [2.05, 4.69) is 34.7 Å². The zero-order valence-electron chi connectivity index (χ0n) is 15.0. The topological polar surface area (TPSA) is 63.2 Å². The van der Waals surface area contributed by atoms with E-state index in [4.69, 9.17) is 4.74 Å². The highest BCUT2D eigenvalue weighted by Crippen LogP contribution is 2.17. The molecule has 0 saturated heterocycles. The predicted molar refractivity (Wildman–Crippen MR) is 99.7 cm³/mol. The average Bonchev–Trinajstić information content (AvgIpc) is 2.66. The summed E-state index contributed by atoms with van der Waals surface area (Å²) < 4.78 is 5.60. The molecule has 2 N–H and O–H groups in total. The molecule has 0 aliphatic heterocycles. The quantitative estimate of drug-likeness (QED) is 0.728. The molecule has 134 valence electrons. The molecule has 2 aromatic rings. The number of aromatic nitrogens is 1. The molecule has 1 atom stereocenters. The second kappa shape index (κ2) is 10.3. The summed E-state index contributed by atoms with van der Waals surface area (Å²) in [5.41, 5.74) is 2.17. The van der Waals surface area contributed by atoms with E-state index in [1.807, 2.05) is 37.3 Å². The fourth-order valence-corrected chi connectivity index (χ4v) is 2.48. The second-order valence-corrected chi connectivity index (χ2v) is 6.03. The van der Waals surface area contributed by atoms with Crippen LogP contribution in [0.1, 0.15) is 43.7 Å². The summed E-state index contributed by atoms with van der Waals surface area (Å²) in [6, 6.07) is 13.9. The van der Waals surface area contributed by atoms with Gasteiger partial charge in [0.15, 0.2) is 0 Å². The standard InChI is InChI=1S/C20H27N3O2/c1-3-14-25-19-18(10-7-12-21-19)15-23-20(24)22-13-11-16(2)17-8-5-4-6-9-17/h4-10,12,16H,3,11,13-15H2,1-2H3,(H2,22,23,24). The van der Waals surface area contributed by atoms with Gasteiger partial charge < -0.3 is 15.4 Å². The maximum Gasteiger partial charge on any atom is 0.315 e. The van der Waals surface area contributed by atoms with Crippen molar-refractivity contribution in [2.24, 2.45) is 0 Å². The van der Waals surface area contributed by atoms with Crippen molar-refractivity contribution < 1.29 is 9.53 Å². The van der Waals surface area contributed by atoms with E-state index < -0.39 is 0 Å². The van der Waals surface area contributed by atoms with Gasteiger partial charge in [0.25, 0.3) is 0 Å². The van der Waals surface area contributed by atoms with Crippen molar-refractivity contribution in [2.75, 3.05) is 13.2 Å². The van der Waals surface area contributed by atoms with E-state index in [-0.39, 0.29) is 6.03 Å². The predicted octanol–water partition coefficient (Wildman–Crippen LogP) is 3.86. The second-order valence-electron chi connectivity index (χ2n) is 6.03. The summed E-state index contributed by atoms with van der Waals surface area (Å²) in [6.45, 7) is 5.86. The Morgan fingerprint density at radius 1 is 1.16 bits per heavy atom. The zero-order chi connectivity index (χ0) is 17.9. The molecule has 1 aromatic heterocycles. The van der Waals surface area contributed by atoms with Gasteiger partial charge in [0.2, 0.25) is 5.88 Å². The van der Waals surface area contributed by atoms with Crippen LogP contribution >= 0.6 is 0 Å². The van der Waals surface area contributed by atoms with E-state index in [1.165, 1.54) is 5.56 Å². The Hall–Kier alpha value is -2.56. The molecule has 0 radical (unpaired) electrons. The average molecular weight is 341 g/mol. The summed E-state index contributed by atoms with van der Waals surface area (Å²) in [6.07, 6.45) is 3.51. The first-order chi connectivity index (χ1) is 12.2. The Kier molecular flexibility index (Phi) is 7.76. The van der Waals surface area contributed by atoms with Crippen molar-refractivity contribution in [2.45, 2.75) is 39.2 Å². The highest BCUT2D eigenvalue weighted by molar-refractivity contribution is 5.73. The van der Waals surface area contributed by atoms with Crippen LogP contribution < -0.4 is 15.4 Å². The number of nitrogens with zero attached hydrogens (tertiary/aromatic N) is 1. The molecule has 0 bridgehead atoms. The van der Waals surface area contributed by atoms with E-state index in [9.17, 15) is 4.79 Å². The molecule has 0 fully saturated rings. The van der Waals surface area contributed by atoms with Crippen LogP contribution in [0.25, 0.3) is 0 Å². The van der Waals surface area contributed by atoms with Crippen LogP contribution in [0, 0.1) is 0 Å². The number of hydrogen-bond acceptors (Lipinski definition) is 3. The van der Waals surface area contributed by atoms with Gasteiger partial charge in [-0.15, -0.1) is 0 Å². The van der Waals surface area contributed by atoms with E-state index in [0.717, 1.165) is 18.4 Å². The summed E-state index contributed by atoms with van der Waals surface area (Å²) in [5.74, 6) is 0.996. The minimum absolute atomic E-state index is 0.175. The van der Waals surface area contributed by atoms with Crippen LogP contribution in [-0.4, -0.2) is 24.2 Å². The summed E-state index contributed by atoms with van der Waals surface area (Å²) in [7, 11) is 0. The number of benzene rings is 1. The first-order valence-corrected chi connectivity index (χ1v) is 8.84. The molecule has 2 rings (SSSR count). The van der Waals surface area contributed by atoms with Gasteiger partial charge in [-0.25, -0.2) is 9.78 Å². The summed E-state index contributed by atoms with van der Waals surface area (Å²) in [5, 5.41) is 5.76. The Bertz CT molecular complexity index is 646. The number of carbonyl (C=O) groups excluding carboxylic acids is 1. The number of hydrogen-bond donors (Lipinski definition) is 2. The smallest absolute Gasteiger partial charge is 0.315 e. The van der Waals surface area contributed by atoms with Gasteiger partial charge in [-0.1, -0.05) is 50.2 Å². The van der Waals surface area contributed by atoms with Gasteiger partial charge in [-0.2, -0.15) is 0 Å². The van der Waals surface area contributed by atoms with Crippen molar-refractivity contribution in [3.8, 4) is 5.88 Å². The van der Waals surface area contributed by atoms with Crippen molar-refractivity contribution in [1.29, 1.82) is 0 Å². The maximum atomic E-state index is 12.0. The van der Waals surface area contributed by atoms with Gasteiger partial charge >= 0.3 is 6.03 Å². The fraction of sp³-hybridized carbons (Fsp3) is 0.400. The minimum Gasteiger partial charge on any atom is -0.477 e. The molecule has 1 aromatic carbocycles. The van der Waals surface area contributed by atoms with Crippen LogP contribution in [0.2, 0.25) is 0 Å². The lowest BCUT2D eigenvalue weighted by atomic mass is 9.98.